The summed E-state index contributed by atoms with van der Waals surface area (Å²) >= 11 is 0. The topological polar surface area (TPSA) is 20.3 Å². The summed E-state index contributed by atoms with van der Waals surface area (Å²) in [5.74, 6) is 0.0890. The summed E-state index contributed by atoms with van der Waals surface area (Å²) in [7, 11) is 0. The Labute approximate surface area is 76.9 Å². The Balaban J connectivity index is 2.39. The molecule has 76 valence electrons. The Kier molecular flexibility index (Phi) is 3.78. The molecule has 1 atom stereocenters. The number of nitrogens with zero attached hydrogens (tertiary/aromatic N) is 1. The highest BCUT2D eigenvalue weighted by molar-refractivity contribution is 5.76. The highest BCUT2D eigenvalue weighted by Crippen LogP contribution is 2.20. The molecule has 2 nitrogen and oxygen atoms in total. The van der Waals surface area contributed by atoms with Crippen LogP contribution in [0.25, 0.3) is 0 Å². The van der Waals surface area contributed by atoms with Crippen LogP contribution in [-0.2, 0) is 4.79 Å². The zero-order chi connectivity index (χ0) is 9.84. The van der Waals surface area contributed by atoms with E-state index in [1.54, 1.807) is 4.90 Å². The van der Waals surface area contributed by atoms with Crippen molar-refractivity contribution in [2.45, 2.75) is 38.7 Å². The Morgan fingerprint density at radius 2 is 2.31 bits per heavy atom. The van der Waals surface area contributed by atoms with Crippen LogP contribution in [0, 0.1) is 0 Å². The molecule has 0 aromatic heterocycles. The van der Waals surface area contributed by atoms with E-state index in [2.05, 4.69) is 0 Å². The van der Waals surface area contributed by atoms with E-state index in [1.807, 2.05) is 0 Å². The molecular weight excluding hydrogens is 176 g/mol. The minimum absolute atomic E-state index is 0.0616. The first-order valence-electron chi connectivity index (χ1n) is 4.61. The molecule has 1 saturated heterocycles. The Morgan fingerprint density at radius 3 is 2.85 bits per heavy atom. The van der Waals surface area contributed by atoms with E-state index in [0.717, 1.165) is 12.8 Å². The second-order valence-electron chi connectivity index (χ2n) is 3.59. The first-order chi connectivity index (χ1) is 6.09. The maximum absolute atomic E-state index is 12.1. The molecular formula is C9H15F2NO. The number of rotatable bonds is 4. The maximum atomic E-state index is 12.1. The number of ketones is 1. The van der Waals surface area contributed by atoms with Gasteiger partial charge in [0.15, 0.2) is 0 Å². The number of carbonyl (C=O) groups excluding carboxylic acids is 1. The number of Topliss-reactive ketones (excluding diaryl/α,β-unsaturated/α-hetero) is 1. The number of alkyl halides is 2. The minimum atomic E-state index is -2.28. The number of halogens is 2. The van der Waals surface area contributed by atoms with E-state index < -0.39 is 6.43 Å². The highest BCUT2D eigenvalue weighted by Gasteiger charge is 2.27. The molecule has 0 aliphatic carbocycles. The lowest BCUT2D eigenvalue weighted by Crippen LogP contribution is -2.34. The van der Waals surface area contributed by atoms with Crippen LogP contribution in [0.15, 0.2) is 0 Å². The van der Waals surface area contributed by atoms with Gasteiger partial charge in [-0.3, -0.25) is 9.69 Å². The second-order valence-corrected chi connectivity index (χ2v) is 3.59. The van der Waals surface area contributed by atoms with Gasteiger partial charge in [0.2, 0.25) is 0 Å². The molecule has 1 rings (SSSR count). The summed E-state index contributed by atoms with van der Waals surface area (Å²) in [5, 5.41) is 0. The second kappa shape index (κ2) is 4.65. The quantitative estimate of drug-likeness (QED) is 0.674. The Hall–Kier alpha value is -0.510. The lowest BCUT2D eigenvalue weighted by atomic mass is 10.1. The highest BCUT2D eigenvalue weighted by atomic mass is 19.3. The summed E-state index contributed by atoms with van der Waals surface area (Å²) in [6.07, 6.45) is -0.0449. The van der Waals surface area contributed by atoms with Crippen molar-refractivity contribution in [2.24, 2.45) is 0 Å². The van der Waals surface area contributed by atoms with Gasteiger partial charge < -0.3 is 0 Å². The third-order valence-electron chi connectivity index (χ3n) is 2.39. The van der Waals surface area contributed by atoms with Gasteiger partial charge in [0.05, 0.1) is 6.54 Å². The zero-order valence-electron chi connectivity index (χ0n) is 7.80. The lowest BCUT2D eigenvalue weighted by Gasteiger charge is -2.22. The van der Waals surface area contributed by atoms with E-state index in [4.69, 9.17) is 0 Å². The van der Waals surface area contributed by atoms with Crippen molar-refractivity contribution in [3.63, 3.8) is 0 Å². The van der Waals surface area contributed by atoms with Gasteiger partial charge in [0, 0.05) is 12.5 Å². The van der Waals surface area contributed by atoms with Crippen molar-refractivity contribution in [1.82, 2.24) is 4.90 Å². The summed E-state index contributed by atoms with van der Waals surface area (Å²) in [6.45, 7) is 2.04. The number of hydrogen-bond donors (Lipinski definition) is 0. The van der Waals surface area contributed by atoms with E-state index >= 15 is 0 Å². The standard InChI is InChI=1S/C9H15F2NO/c1-7(13)5-8-3-2-4-12(8)6-9(10)11/h8-9H,2-6H2,1H3. The Bertz CT molecular complexity index is 184. The molecule has 0 amide bonds. The van der Waals surface area contributed by atoms with Gasteiger partial charge in [-0.05, 0) is 26.3 Å². The normalized spacial score (nSPS) is 24.2. The van der Waals surface area contributed by atoms with Crippen molar-refractivity contribution in [3.05, 3.63) is 0 Å². The van der Waals surface area contributed by atoms with Crippen LogP contribution in [0.4, 0.5) is 8.78 Å². The summed E-state index contributed by atoms with van der Waals surface area (Å²) in [6, 6.07) is 0.0616. The molecule has 0 N–H and O–H groups in total. The van der Waals surface area contributed by atoms with Crippen molar-refractivity contribution in [3.8, 4) is 0 Å². The minimum Gasteiger partial charge on any atom is -0.300 e. The smallest absolute Gasteiger partial charge is 0.251 e. The molecule has 0 radical (unpaired) electrons. The van der Waals surface area contributed by atoms with Gasteiger partial charge in [-0.15, -0.1) is 0 Å². The Morgan fingerprint density at radius 1 is 1.62 bits per heavy atom. The lowest BCUT2D eigenvalue weighted by molar-refractivity contribution is -0.118. The fourth-order valence-electron chi connectivity index (χ4n) is 1.88. The monoisotopic (exact) mass is 191 g/mol. The largest absolute Gasteiger partial charge is 0.300 e. The molecule has 0 aromatic rings. The maximum Gasteiger partial charge on any atom is 0.251 e. The fraction of sp³-hybridized carbons (Fsp3) is 0.889. The average molecular weight is 191 g/mol. The van der Waals surface area contributed by atoms with Gasteiger partial charge in [0.25, 0.3) is 6.43 Å². The van der Waals surface area contributed by atoms with Crippen molar-refractivity contribution < 1.29 is 13.6 Å². The summed E-state index contributed by atoms with van der Waals surface area (Å²) in [5.41, 5.74) is 0. The van der Waals surface area contributed by atoms with Gasteiger partial charge in [-0.25, -0.2) is 8.78 Å². The molecule has 1 heterocycles. The summed E-state index contributed by atoms with van der Waals surface area (Å²) < 4.78 is 24.1. The van der Waals surface area contributed by atoms with Crippen LogP contribution in [0.1, 0.15) is 26.2 Å². The zero-order valence-corrected chi connectivity index (χ0v) is 7.80. The van der Waals surface area contributed by atoms with E-state index in [1.165, 1.54) is 6.92 Å². The SMILES string of the molecule is CC(=O)CC1CCCN1CC(F)F. The number of likely N-dealkylation sites (tertiary alicyclic amines) is 1. The van der Waals surface area contributed by atoms with Crippen LogP contribution in [0.5, 0.6) is 0 Å². The van der Waals surface area contributed by atoms with Crippen molar-refractivity contribution in [2.75, 3.05) is 13.1 Å². The van der Waals surface area contributed by atoms with E-state index in [9.17, 15) is 13.6 Å². The van der Waals surface area contributed by atoms with Gasteiger partial charge in [-0.1, -0.05) is 0 Å². The van der Waals surface area contributed by atoms with Crippen LogP contribution in [0.2, 0.25) is 0 Å². The molecule has 0 bridgehead atoms. The molecule has 1 aliphatic heterocycles. The molecule has 1 aliphatic rings. The van der Waals surface area contributed by atoms with Gasteiger partial charge >= 0.3 is 0 Å². The van der Waals surface area contributed by atoms with Crippen LogP contribution >= 0.6 is 0 Å². The van der Waals surface area contributed by atoms with Crippen molar-refractivity contribution >= 4 is 5.78 Å². The van der Waals surface area contributed by atoms with E-state index in [0.29, 0.717) is 13.0 Å². The molecule has 1 fully saturated rings. The molecule has 1 unspecified atom stereocenters. The van der Waals surface area contributed by atoms with Gasteiger partial charge in [-0.2, -0.15) is 0 Å². The third kappa shape index (κ3) is 3.38. The predicted octanol–water partition coefficient (Wildman–Crippen LogP) is 1.70. The van der Waals surface area contributed by atoms with Crippen LogP contribution in [-0.4, -0.2) is 36.2 Å². The fourth-order valence-corrected chi connectivity index (χ4v) is 1.88. The first kappa shape index (κ1) is 10.6. The summed E-state index contributed by atoms with van der Waals surface area (Å²) in [4.78, 5) is 12.5. The van der Waals surface area contributed by atoms with Crippen LogP contribution < -0.4 is 0 Å². The average Bonchev–Trinajstić information content (AvgIpc) is 2.34. The molecule has 13 heavy (non-hydrogen) atoms. The number of hydrogen-bond acceptors (Lipinski definition) is 2. The molecule has 0 saturated carbocycles. The predicted molar refractivity (Wildman–Crippen MR) is 45.9 cm³/mol. The molecule has 0 aromatic carbocycles. The third-order valence-corrected chi connectivity index (χ3v) is 2.39. The van der Waals surface area contributed by atoms with Gasteiger partial charge in [0.1, 0.15) is 5.78 Å². The van der Waals surface area contributed by atoms with E-state index in [-0.39, 0.29) is 18.4 Å². The molecule has 4 heteroatoms. The number of carbonyl (C=O) groups is 1. The van der Waals surface area contributed by atoms with Crippen molar-refractivity contribution in [1.29, 1.82) is 0 Å². The first-order valence-corrected chi connectivity index (χ1v) is 4.61. The molecule has 0 spiro atoms. The van der Waals surface area contributed by atoms with Crippen LogP contribution in [0.3, 0.4) is 0 Å².